The first-order chi connectivity index (χ1) is 16.0. The first-order valence-electron chi connectivity index (χ1n) is 11.2. The van der Waals surface area contributed by atoms with E-state index in [1.165, 1.54) is 6.07 Å². The Balaban J connectivity index is 2.26. The third-order valence-corrected chi connectivity index (χ3v) is 6.82. The van der Waals surface area contributed by atoms with Gasteiger partial charge in [0.05, 0.1) is 10.8 Å². The highest BCUT2D eigenvalue weighted by Gasteiger charge is 2.31. The molecule has 2 atom stereocenters. The number of hydrogen-bond donors (Lipinski definition) is 7. The predicted octanol–water partition coefficient (Wildman–Crippen LogP) is 0.554. The number of hydrogen-bond acceptors (Lipinski definition) is 6. The van der Waals surface area contributed by atoms with Gasteiger partial charge in [-0.25, -0.2) is 8.42 Å². The number of benzene rings is 2. The lowest BCUT2D eigenvalue weighted by atomic mass is 9.75. The molecule has 2 aromatic carbocycles. The Bertz CT molecular complexity index is 1080. The molecular weight excluding hydrogens is 457 g/mol. The van der Waals surface area contributed by atoms with Crippen molar-refractivity contribution in [2.45, 2.75) is 50.0 Å². The number of sulfonamides is 1. The third-order valence-electron chi connectivity index (χ3n) is 5.29. The molecule has 0 saturated carbocycles. The Morgan fingerprint density at radius 3 is 2.44 bits per heavy atom. The maximum absolute atomic E-state index is 13.3. The van der Waals surface area contributed by atoms with Crippen LogP contribution in [0.5, 0.6) is 0 Å². The number of fused-ring (bicyclic) bond motifs is 1. The Morgan fingerprint density at radius 1 is 1.12 bits per heavy atom. The van der Waals surface area contributed by atoms with E-state index in [0.717, 1.165) is 5.39 Å². The summed E-state index contributed by atoms with van der Waals surface area (Å²) < 4.78 is 29.1. The minimum absolute atomic E-state index is 0.0550. The molecule has 10 nitrogen and oxygen atoms in total. The molecule has 7 N–H and O–H groups in total. The fourth-order valence-corrected chi connectivity index (χ4v) is 5.04. The minimum Gasteiger partial charge on any atom is -0.426 e. The molecule has 0 saturated heterocycles. The fourth-order valence-electron chi connectivity index (χ4n) is 3.58. The SMILES string of the molecule is CNC(=N)NCCC[C@H](NS(=O)(=O)c1cccc2ccccc12)C(=O)N[C@@H](CC(C)C)B(O)O. The quantitative estimate of drug-likeness (QED) is 0.0987. The summed E-state index contributed by atoms with van der Waals surface area (Å²) in [4.78, 5) is 13.1. The zero-order valence-electron chi connectivity index (χ0n) is 19.7. The summed E-state index contributed by atoms with van der Waals surface area (Å²) in [7, 11) is -4.26. The summed E-state index contributed by atoms with van der Waals surface area (Å²) >= 11 is 0. The van der Waals surface area contributed by atoms with Crippen molar-refractivity contribution in [2.24, 2.45) is 5.92 Å². The van der Waals surface area contributed by atoms with Gasteiger partial charge < -0.3 is 26.0 Å². The molecule has 0 spiro atoms. The molecule has 1 amide bonds. The van der Waals surface area contributed by atoms with Gasteiger partial charge in [0.1, 0.15) is 6.04 Å². The first-order valence-corrected chi connectivity index (χ1v) is 12.7. The van der Waals surface area contributed by atoms with Crippen molar-refractivity contribution in [3.05, 3.63) is 42.5 Å². The lowest BCUT2D eigenvalue weighted by molar-refractivity contribution is -0.123. The number of carbonyl (C=O) groups is 1. The van der Waals surface area contributed by atoms with Crippen molar-refractivity contribution < 1.29 is 23.3 Å². The second-order valence-electron chi connectivity index (χ2n) is 8.50. The van der Waals surface area contributed by atoms with E-state index in [9.17, 15) is 23.3 Å². The van der Waals surface area contributed by atoms with Crippen LogP contribution < -0.4 is 20.7 Å². The largest absolute Gasteiger partial charge is 0.475 e. The van der Waals surface area contributed by atoms with E-state index in [1.807, 2.05) is 19.9 Å². The lowest BCUT2D eigenvalue weighted by Crippen LogP contribution is -2.54. The average Bonchev–Trinajstić information content (AvgIpc) is 2.79. The van der Waals surface area contributed by atoms with E-state index in [4.69, 9.17) is 5.41 Å². The minimum atomic E-state index is -4.08. The molecule has 0 radical (unpaired) electrons. The van der Waals surface area contributed by atoms with E-state index in [0.29, 0.717) is 24.8 Å². The number of amides is 1. The van der Waals surface area contributed by atoms with Crippen LogP contribution in [0.2, 0.25) is 0 Å². The van der Waals surface area contributed by atoms with Gasteiger partial charge in [-0.3, -0.25) is 10.2 Å². The second kappa shape index (κ2) is 12.7. The van der Waals surface area contributed by atoms with E-state index < -0.39 is 35.0 Å². The summed E-state index contributed by atoms with van der Waals surface area (Å²) in [5.74, 6) is -1.40. The van der Waals surface area contributed by atoms with E-state index in [1.54, 1.807) is 37.4 Å². The molecule has 34 heavy (non-hydrogen) atoms. The van der Waals surface area contributed by atoms with E-state index in [2.05, 4.69) is 20.7 Å². The summed E-state index contributed by atoms with van der Waals surface area (Å²) in [6.07, 6.45) is 0.833. The second-order valence-corrected chi connectivity index (χ2v) is 10.2. The van der Waals surface area contributed by atoms with Crippen LogP contribution >= 0.6 is 0 Å². The lowest BCUT2D eigenvalue weighted by Gasteiger charge is -2.24. The number of rotatable bonds is 12. The molecule has 2 aromatic rings. The summed E-state index contributed by atoms with van der Waals surface area (Å²) in [6.45, 7) is 4.10. The smallest absolute Gasteiger partial charge is 0.426 e. The Hall–Kier alpha value is -2.67. The highest BCUT2D eigenvalue weighted by Crippen LogP contribution is 2.23. The topological polar surface area (TPSA) is 164 Å². The van der Waals surface area contributed by atoms with Crippen LogP contribution in [0.25, 0.3) is 10.8 Å². The summed E-state index contributed by atoms with van der Waals surface area (Å²) in [5, 5.41) is 36.3. The van der Waals surface area contributed by atoms with Crippen molar-refractivity contribution in [2.75, 3.05) is 13.6 Å². The van der Waals surface area contributed by atoms with Gasteiger partial charge in [-0.2, -0.15) is 4.72 Å². The zero-order valence-corrected chi connectivity index (χ0v) is 20.5. The third kappa shape index (κ3) is 7.98. The van der Waals surface area contributed by atoms with Crippen molar-refractivity contribution in [1.82, 2.24) is 20.7 Å². The number of guanidine groups is 1. The van der Waals surface area contributed by atoms with Crippen LogP contribution in [0.4, 0.5) is 0 Å². The summed E-state index contributed by atoms with van der Waals surface area (Å²) in [5.41, 5.74) is 0. The van der Waals surface area contributed by atoms with E-state index in [-0.39, 0.29) is 23.2 Å². The molecule has 0 aliphatic rings. The van der Waals surface area contributed by atoms with Crippen LogP contribution in [-0.2, 0) is 14.8 Å². The standard InChI is InChI=1S/C22H34BN5O5S/c1-15(2)14-20(23(30)31)27-21(29)18(11-7-13-26-22(24)25-3)28-34(32,33)19-12-6-9-16-8-4-5-10-17(16)19/h4-6,8-10,12,15,18,20,28,30-31H,7,11,13-14H2,1-3H3,(H,27,29)(H3,24,25,26)/t18-,20-/m0/s1. The molecule has 0 aliphatic carbocycles. The molecule has 12 heteroatoms. The molecule has 0 aromatic heterocycles. The Kier molecular flexibility index (Phi) is 10.3. The van der Waals surface area contributed by atoms with Crippen molar-refractivity contribution in [3.8, 4) is 0 Å². The molecule has 0 aliphatic heterocycles. The van der Waals surface area contributed by atoms with Crippen LogP contribution in [0.1, 0.15) is 33.1 Å². The van der Waals surface area contributed by atoms with Gasteiger partial charge in [0, 0.05) is 19.0 Å². The van der Waals surface area contributed by atoms with Crippen molar-refractivity contribution >= 4 is 39.8 Å². The molecule has 186 valence electrons. The van der Waals surface area contributed by atoms with Crippen LogP contribution in [0.3, 0.4) is 0 Å². The van der Waals surface area contributed by atoms with Crippen LogP contribution in [-0.4, -0.2) is 63.0 Å². The molecule has 0 bridgehead atoms. The molecule has 0 unspecified atom stereocenters. The highest BCUT2D eigenvalue weighted by molar-refractivity contribution is 7.89. The maximum atomic E-state index is 13.3. The molecule has 0 fully saturated rings. The van der Waals surface area contributed by atoms with Crippen LogP contribution in [0.15, 0.2) is 47.4 Å². The molecule has 2 rings (SSSR count). The Morgan fingerprint density at radius 2 is 1.79 bits per heavy atom. The van der Waals surface area contributed by atoms with Gasteiger partial charge in [0.15, 0.2) is 5.96 Å². The molecule has 0 heterocycles. The van der Waals surface area contributed by atoms with E-state index >= 15 is 0 Å². The first kappa shape index (κ1) is 27.6. The molecular formula is C22H34BN5O5S. The number of nitrogens with one attached hydrogen (secondary N) is 5. The van der Waals surface area contributed by atoms with Crippen molar-refractivity contribution in [3.63, 3.8) is 0 Å². The van der Waals surface area contributed by atoms with Gasteiger partial charge in [0.2, 0.25) is 15.9 Å². The van der Waals surface area contributed by atoms with Gasteiger partial charge in [0.25, 0.3) is 0 Å². The normalized spacial score (nSPS) is 13.4. The highest BCUT2D eigenvalue weighted by atomic mass is 32.2. The van der Waals surface area contributed by atoms with Gasteiger partial charge >= 0.3 is 7.12 Å². The van der Waals surface area contributed by atoms with Crippen LogP contribution in [0, 0.1) is 11.3 Å². The predicted molar refractivity (Wildman–Crippen MR) is 134 cm³/mol. The number of carbonyl (C=O) groups excluding carboxylic acids is 1. The van der Waals surface area contributed by atoms with Crippen molar-refractivity contribution in [1.29, 1.82) is 5.41 Å². The monoisotopic (exact) mass is 491 g/mol. The fraction of sp³-hybridized carbons (Fsp3) is 0.455. The summed E-state index contributed by atoms with van der Waals surface area (Å²) in [6, 6.07) is 10.8. The average molecular weight is 491 g/mol. The van der Waals surface area contributed by atoms with Gasteiger partial charge in [-0.15, -0.1) is 0 Å². The Labute approximate surface area is 201 Å². The van der Waals surface area contributed by atoms with Gasteiger partial charge in [-0.05, 0) is 36.6 Å². The zero-order chi connectivity index (χ0) is 25.3. The maximum Gasteiger partial charge on any atom is 0.475 e. The van der Waals surface area contributed by atoms with Gasteiger partial charge in [-0.1, -0.05) is 50.2 Å².